The standard InChI is InChI=1S/C24H28Cl2N2O5S/c25-19-5-7-21(8-6-19)33-18-24(16-23(29)27-11-13-32-14-12-27)9-2-10-28(17-24)34(30,31)22-4-1-3-20(26)15-22/h1,3-8,15H,2,9-14,16-18H2. The molecule has 2 fully saturated rings. The molecule has 0 aliphatic carbocycles. The van der Waals surface area contributed by atoms with Gasteiger partial charge in [0, 0.05) is 48.1 Å². The second kappa shape index (κ2) is 10.8. The molecule has 7 nitrogen and oxygen atoms in total. The molecule has 2 aliphatic rings. The Morgan fingerprint density at radius 1 is 1.03 bits per heavy atom. The van der Waals surface area contributed by atoms with Crippen molar-refractivity contribution >= 4 is 39.1 Å². The predicted molar refractivity (Wildman–Crippen MR) is 131 cm³/mol. The minimum atomic E-state index is -3.77. The molecule has 1 unspecified atom stereocenters. The number of sulfonamides is 1. The van der Waals surface area contributed by atoms with E-state index in [2.05, 4.69) is 0 Å². The zero-order valence-corrected chi connectivity index (χ0v) is 21.1. The number of piperidine rings is 1. The van der Waals surface area contributed by atoms with Crippen molar-refractivity contribution in [1.82, 2.24) is 9.21 Å². The lowest BCUT2D eigenvalue weighted by atomic mass is 9.78. The Morgan fingerprint density at radius 3 is 2.47 bits per heavy atom. The molecule has 2 aromatic rings. The third kappa shape index (κ3) is 6.04. The Labute approximate surface area is 210 Å². The summed E-state index contributed by atoms with van der Waals surface area (Å²) in [7, 11) is -3.77. The monoisotopic (exact) mass is 526 g/mol. The first-order valence-electron chi connectivity index (χ1n) is 11.3. The molecule has 10 heteroatoms. The SMILES string of the molecule is O=C(CC1(COc2ccc(Cl)cc2)CCCN(S(=O)(=O)c2cccc(Cl)c2)C1)N1CCOCC1. The van der Waals surface area contributed by atoms with Crippen LogP contribution in [-0.2, 0) is 19.6 Å². The lowest BCUT2D eigenvalue weighted by Crippen LogP contribution is -2.51. The molecule has 34 heavy (non-hydrogen) atoms. The number of carbonyl (C=O) groups is 1. The summed E-state index contributed by atoms with van der Waals surface area (Å²) in [5, 5.41) is 0.957. The van der Waals surface area contributed by atoms with Gasteiger partial charge < -0.3 is 14.4 Å². The fraction of sp³-hybridized carbons (Fsp3) is 0.458. The van der Waals surface area contributed by atoms with Crippen molar-refractivity contribution in [3.05, 3.63) is 58.6 Å². The summed E-state index contributed by atoms with van der Waals surface area (Å²) < 4.78 is 39.8. The number of halogens is 2. The van der Waals surface area contributed by atoms with Crippen LogP contribution in [0.1, 0.15) is 19.3 Å². The topological polar surface area (TPSA) is 76.2 Å². The van der Waals surface area contributed by atoms with Crippen LogP contribution < -0.4 is 4.74 Å². The lowest BCUT2D eigenvalue weighted by Gasteiger charge is -2.42. The van der Waals surface area contributed by atoms with Gasteiger partial charge in [0.15, 0.2) is 0 Å². The minimum absolute atomic E-state index is 0.00925. The third-order valence-corrected chi connectivity index (χ3v) is 8.64. The Morgan fingerprint density at radius 2 is 1.76 bits per heavy atom. The van der Waals surface area contributed by atoms with E-state index in [1.165, 1.54) is 10.4 Å². The van der Waals surface area contributed by atoms with E-state index < -0.39 is 15.4 Å². The van der Waals surface area contributed by atoms with Crippen molar-refractivity contribution in [2.24, 2.45) is 5.41 Å². The third-order valence-electron chi connectivity index (χ3n) is 6.31. The van der Waals surface area contributed by atoms with E-state index in [4.69, 9.17) is 32.7 Å². The van der Waals surface area contributed by atoms with Gasteiger partial charge in [0.05, 0.1) is 24.7 Å². The maximum atomic E-state index is 13.4. The van der Waals surface area contributed by atoms with Crippen molar-refractivity contribution in [2.45, 2.75) is 24.2 Å². The quantitative estimate of drug-likeness (QED) is 0.542. The zero-order chi connectivity index (χ0) is 24.2. The van der Waals surface area contributed by atoms with Crippen LogP contribution in [-0.4, -0.2) is 69.5 Å². The van der Waals surface area contributed by atoms with E-state index in [-0.39, 0.29) is 30.4 Å². The molecule has 0 N–H and O–H groups in total. The number of amides is 1. The molecule has 184 valence electrons. The molecule has 0 saturated carbocycles. The zero-order valence-electron chi connectivity index (χ0n) is 18.8. The van der Waals surface area contributed by atoms with Gasteiger partial charge in [0.25, 0.3) is 0 Å². The van der Waals surface area contributed by atoms with Crippen LogP contribution in [0.3, 0.4) is 0 Å². The highest BCUT2D eigenvalue weighted by Crippen LogP contribution is 2.37. The predicted octanol–water partition coefficient (Wildman–Crippen LogP) is 4.09. The van der Waals surface area contributed by atoms with Gasteiger partial charge in [0.2, 0.25) is 15.9 Å². The van der Waals surface area contributed by atoms with E-state index >= 15 is 0 Å². The van der Waals surface area contributed by atoms with Crippen molar-refractivity contribution in [1.29, 1.82) is 0 Å². The number of hydrogen-bond donors (Lipinski definition) is 0. The summed E-state index contributed by atoms with van der Waals surface area (Å²) in [5.41, 5.74) is -0.668. The lowest BCUT2D eigenvalue weighted by molar-refractivity contribution is -0.139. The van der Waals surface area contributed by atoms with Gasteiger partial charge in [0.1, 0.15) is 5.75 Å². The van der Waals surface area contributed by atoms with Crippen LogP contribution in [0.4, 0.5) is 0 Å². The van der Waals surface area contributed by atoms with E-state index in [1.54, 1.807) is 47.4 Å². The summed E-state index contributed by atoms with van der Waals surface area (Å²) in [6, 6.07) is 13.3. The molecule has 4 rings (SSSR count). The second-order valence-corrected chi connectivity index (χ2v) is 11.6. The first kappa shape index (κ1) is 25.3. The summed E-state index contributed by atoms with van der Waals surface area (Å²) >= 11 is 12.0. The van der Waals surface area contributed by atoms with Crippen molar-refractivity contribution in [3.63, 3.8) is 0 Å². The van der Waals surface area contributed by atoms with Crippen LogP contribution >= 0.6 is 23.2 Å². The molecule has 0 bridgehead atoms. The van der Waals surface area contributed by atoms with E-state index in [0.717, 1.165) is 0 Å². The van der Waals surface area contributed by atoms with E-state index in [9.17, 15) is 13.2 Å². The molecule has 0 spiro atoms. The summed E-state index contributed by atoms with van der Waals surface area (Å²) in [6.45, 7) is 2.88. The molecule has 1 atom stereocenters. The maximum Gasteiger partial charge on any atom is 0.243 e. The van der Waals surface area contributed by atoms with Gasteiger partial charge in [-0.15, -0.1) is 0 Å². The van der Waals surface area contributed by atoms with Crippen LogP contribution in [0.25, 0.3) is 0 Å². The Balaban J connectivity index is 1.58. The molecule has 1 amide bonds. The number of morpholine rings is 1. The van der Waals surface area contributed by atoms with Crippen molar-refractivity contribution in [3.8, 4) is 5.75 Å². The molecule has 2 saturated heterocycles. The summed E-state index contributed by atoms with van der Waals surface area (Å²) in [6.07, 6.45) is 1.50. The van der Waals surface area contributed by atoms with Crippen LogP contribution in [0.15, 0.2) is 53.4 Å². The second-order valence-electron chi connectivity index (χ2n) is 8.81. The number of hydrogen-bond acceptors (Lipinski definition) is 5. The van der Waals surface area contributed by atoms with Crippen LogP contribution in [0, 0.1) is 5.41 Å². The van der Waals surface area contributed by atoms with Crippen molar-refractivity contribution in [2.75, 3.05) is 46.0 Å². The summed E-state index contributed by atoms with van der Waals surface area (Å²) in [5.74, 6) is 0.613. The number of nitrogens with zero attached hydrogens (tertiary/aromatic N) is 2. The van der Waals surface area contributed by atoms with Crippen molar-refractivity contribution < 1.29 is 22.7 Å². The van der Waals surface area contributed by atoms with E-state index in [1.807, 2.05) is 0 Å². The molecule has 0 aromatic heterocycles. The average molecular weight is 527 g/mol. The fourth-order valence-corrected chi connectivity index (χ4v) is 6.49. The number of benzene rings is 2. The van der Waals surface area contributed by atoms with Gasteiger partial charge in [-0.05, 0) is 55.3 Å². The van der Waals surface area contributed by atoms with Gasteiger partial charge >= 0.3 is 0 Å². The molecule has 2 aromatic carbocycles. The normalized spacial score (nSPS) is 21.9. The summed E-state index contributed by atoms with van der Waals surface area (Å²) in [4.78, 5) is 15.1. The first-order chi connectivity index (χ1) is 16.3. The van der Waals surface area contributed by atoms with Crippen LogP contribution in [0.5, 0.6) is 5.75 Å². The maximum absolute atomic E-state index is 13.4. The smallest absolute Gasteiger partial charge is 0.243 e. The Bertz CT molecular complexity index is 1110. The molecule has 2 aliphatic heterocycles. The highest BCUT2D eigenvalue weighted by Gasteiger charge is 2.43. The fourth-order valence-electron chi connectivity index (χ4n) is 4.47. The Hall–Kier alpha value is -1.84. The van der Waals surface area contributed by atoms with Gasteiger partial charge in [-0.1, -0.05) is 29.3 Å². The molecular formula is C24H28Cl2N2O5S. The van der Waals surface area contributed by atoms with E-state index in [0.29, 0.717) is 61.5 Å². The molecule has 0 radical (unpaired) electrons. The van der Waals surface area contributed by atoms with Gasteiger partial charge in [-0.3, -0.25) is 4.79 Å². The average Bonchev–Trinajstić information content (AvgIpc) is 2.84. The van der Waals surface area contributed by atoms with Crippen LogP contribution in [0.2, 0.25) is 10.0 Å². The first-order valence-corrected chi connectivity index (χ1v) is 13.5. The number of rotatable bonds is 7. The number of ether oxygens (including phenoxy) is 2. The highest BCUT2D eigenvalue weighted by atomic mass is 35.5. The highest BCUT2D eigenvalue weighted by molar-refractivity contribution is 7.89. The molecular weight excluding hydrogens is 499 g/mol. The Kier molecular flexibility index (Phi) is 8.05. The number of carbonyl (C=O) groups excluding carboxylic acids is 1. The minimum Gasteiger partial charge on any atom is -0.493 e. The molecule has 2 heterocycles. The van der Waals surface area contributed by atoms with Gasteiger partial charge in [-0.2, -0.15) is 4.31 Å². The van der Waals surface area contributed by atoms with Gasteiger partial charge in [-0.25, -0.2) is 8.42 Å². The largest absolute Gasteiger partial charge is 0.493 e.